The fourth-order valence-electron chi connectivity index (χ4n) is 3.62. The number of aromatic amines is 1. The molecule has 1 saturated heterocycles. The number of H-pyrrole nitrogens is 1. The van der Waals surface area contributed by atoms with Crippen molar-refractivity contribution < 1.29 is 0 Å². The van der Waals surface area contributed by atoms with Gasteiger partial charge in [0.2, 0.25) is 0 Å². The summed E-state index contributed by atoms with van der Waals surface area (Å²) in [6.45, 7) is 3.83. The maximum absolute atomic E-state index is 9.66. The SMILES string of the molecule is Cc1c(C#N)c(N2CCC(c3ccn[nH]3)CC2)nc2ccccc12. The average molecular weight is 317 g/mol. The van der Waals surface area contributed by atoms with Crippen molar-refractivity contribution >= 4 is 16.7 Å². The largest absolute Gasteiger partial charge is 0.355 e. The number of benzene rings is 1. The summed E-state index contributed by atoms with van der Waals surface area (Å²) in [7, 11) is 0. The van der Waals surface area contributed by atoms with Gasteiger partial charge in [-0.15, -0.1) is 0 Å². The Morgan fingerprint density at radius 1 is 1.21 bits per heavy atom. The Hall–Kier alpha value is -2.87. The van der Waals surface area contributed by atoms with Crippen LogP contribution in [0.1, 0.15) is 35.6 Å². The number of nitriles is 1. The molecule has 1 aliphatic rings. The smallest absolute Gasteiger partial charge is 0.147 e. The Morgan fingerprint density at radius 2 is 2.00 bits per heavy atom. The monoisotopic (exact) mass is 317 g/mol. The van der Waals surface area contributed by atoms with Crippen LogP contribution in [-0.4, -0.2) is 28.3 Å². The Bertz CT molecular complexity index is 899. The number of aryl methyl sites for hydroxylation is 1. The lowest BCUT2D eigenvalue weighted by Gasteiger charge is -2.33. The molecule has 3 aromatic rings. The molecule has 0 unspecified atom stereocenters. The summed E-state index contributed by atoms with van der Waals surface area (Å²) in [5.41, 5.74) is 3.89. The van der Waals surface area contributed by atoms with Gasteiger partial charge in [0.25, 0.3) is 0 Å². The lowest BCUT2D eigenvalue weighted by Crippen LogP contribution is -2.34. The van der Waals surface area contributed by atoms with E-state index in [0.717, 1.165) is 48.2 Å². The molecule has 0 aliphatic carbocycles. The summed E-state index contributed by atoms with van der Waals surface area (Å²) < 4.78 is 0. The van der Waals surface area contributed by atoms with Crippen LogP contribution in [0.15, 0.2) is 36.5 Å². The second kappa shape index (κ2) is 5.97. The Morgan fingerprint density at radius 3 is 2.71 bits per heavy atom. The Labute approximate surface area is 140 Å². The van der Waals surface area contributed by atoms with Crippen molar-refractivity contribution in [2.24, 2.45) is 0 Å². The van der Waals surface area contributed by atoms with Gasteiger partial charge in [-0.1, -0.05) is 18.2 Å². The van der Waals surface area contributed by atoms with Gasteiger partial charge < -0.3 is 4.90 Å². The number of aromatic nitrogens is 3. The molecule has 4 rings (SSSR count). The van der Waals surface area contributed by atoms with Gasteiger partial charge in [0.05, 0.1) is 11.1 Å². The van der Waals surface area contributed by atoms with Gasteiger partial charge >= 0.3 is 0 Å². The number of anilines is 1. The molecule has 5 nitrogen and oxygen atoms in total. The van der Waals surface area contributed by atoms with Crippen LogP contribution in [0.25, 0.3) is 10.9 Å². The summed E-state index contributed by atoms with van der Waals surface area (Å²) in [5, 5.41) is 17.9. The summed E-state index contributed by atoms with van der Waals surface area (Å²) >= 11 is 0. The van der Waals surface area contributed by atoms with Crippen LogP contribution < -0.4 is 4.90 Å². The zero-order valence-corrected chi connectivity index (χ0v) is 13.7. The first-order valence-electron chi connectivity index (χ1n) is 8.31. The normalized spacial score (nSPS) is 15.6. The fourth-order valence-corrected chi connectivity index (χ4v) is 3.62. The number of pyridine rings is 1. The van der Waals surface area contributed by atoms with E-state index >= 15 is 0 Å². The molecular formula is C19H19N5. The van der Waals surface area contributed by atoms with Crippen molar-refractivity contribution in [2.75, 3.05) is 18.0 Å². The molecule has 0 bridgehead atoms. The van der Waals surface area contributed by atoms with E-state index in [2.05, 4.69) is 27.2 Å². The number of piperidine rings is 1. The highest BCUT2D eigenvalue weighted by Gasteiger charge is 2.25. The van der Waals surface area contributed by atoms with E-state index < -0.39 is 0 Å². The van der Waals surface area contributed by atoms with E-state index in [1.54, 1.807) is 0 Å². The summed E-state index contributed by atoms with van der Waals surface area (Å²) in [6.07, 6.45) is 3.89. The predicted octanol–water partition coefficient (Wildman–Crippen LogP) is 3.52. The molecule has 0 amide bonds. The van der Waals surface area contributed by atoms with Gasteiger partial charge in [-0.2, -0.15) is 10.4 Å². The van der Waals surface area contributed by atoms with E-state index in [1.807, 2.05) is 37.4 Å². The van der Waals surface area contributed by atoms with E-state index in [1.165, 1.54) is 5.69 Å². The molecule has 5 heteroatoms. The van der Waals surface area contributed by atoms with Crippen molar-refractivity contribution in [1.82, 2.24) is 15.2 Å². The third-order valence-corrected chi connectivity index (χ3v) is 5.00. The van der Waals surface area contributed by atoms with Crippen LogP contribution in [0.3, 0.4) is 0 Å². The highest BCUT2D eigenvalue weighted by molar-refractivity contribution is 5.87. The zero-order valence-electron chi connectivity index (χ0n) is 13.7. The summed E-state index contributed by atoms with van der Waals surface area (Å²) in [5.74, 6) is 1.34. The minimum Gasteiger partial charge on any atom is -0.355 e. The lowest BCUT2D eigenvalue weighted by molar-refractivity contribution is 0.493. The van der Waals surface area contributed by atoms with Crippen molar-refractivity contribution in [3.63, 3.8) is 0 Å². The number of nitrogens with zero attached hydrogens (tertiary/aromatic N) is 4. The van der Waals surface area contributed by atoms with Gasteiger partial charge in [-0.25, -0.2) is 4.98 Å². The quantitative estimate of drug-likeness (QED) is 0.785. The number of rotatable bonds is 2. The molecule has 1 N–H and O–H groups in total. The van der Waals surface area contributed by atoms with Crippen LogP contribution >= 0.6 is 0 Å². The van der Waals surface area contributed by atoms with E-state index in [0.29, 0.717) is 11.5 Å². The molecule has 0 saturated carbocycles. The molecule has 1 fully saturated rings. The molecule has 0 radical (unpaired) electrons. The minimum absolute atomic E-state index is 0.510. The maximum atomic E-state index is 9.66. The molecule has 120 valence electrons. The van der Waals surface area contributed by atoms with Crippen molar-refractivity contribution in [3.8, 4) is 6.07 Å². The van der Waals surface area contributed by atoms with Gasteiger partial charge in [0, 0.05) is 36.3 Å². The highest BCUT2D eigenvalue weighted by Crippen LogP contribution is 2.32. The van der Waals surface area contributed by atoms with Gasteiger partial charge in [-0.3, -0.25) is 5.10 Å². The first kappa shape index (κ1) is 14.7. The molecule has 0 spiro atoms. The van der Waals surface area contributed by atoms with Gasteiger partial charge in [-0.05, 0) is 37.5 Å². The van der Waals surface area contributed by atoms with Crippen molar-refractivity contribution in [2.45, 2.75) is 25.7 Å². The van der Waals surface area contributed by atoms with Crippen LogP contribution in [0.4, 0.5) is 5.82 Å². The van der Waals surface area contributed by atoms with E-state index in [-0.39, 0.29) is 0 Å². The van der Waals surface area contributed by atoms with Gasteiger partial charge in [0.1, 0.15) is 11.9 Å². The van der Waals surface area contributed by atoms with Crippen LogP contribution in [-0.2, 0) is 0 Å². The van der Waals surface area contributed by atoms with Crippen LogP contribution in [0, 0.1) is 18.3 Å². The van der Waals surface area contributed by atoms with Crippen LogP contribution in [0.5, 0.6) is 0 Å². The predicted molar refractivity (Wildman–Crippen MR) is 94.0 cm³/mol. The number of fused-ring (bicyclic) bond motifs is 1. The topological polar surface area (TPSA) is 68.6 Å². The van der Waals surface area contributed by atoms with E-state index in [9.17, 15) is 5.26 Å². The average Bonchev–Trinajstić information content (AvgIpc) is 3.16. The maximum Gasteiger partial charge on any atom is 0.147 e. The van der Waals surface area contributed by atoms with Gasteiger partial charge in [0.15, 0.2) is 0 Å². The molecule has 2 aromatic heterocycles. The van der Waals surface area contributed by atoms with E-state index in [4.69, 9.17) is 4.98 Å². The standard InChI is InChI=1S/C19H19N5/c1-13-15-4-2-3-5-18(15)22-19(16(13)12-20)24-10-7-14(8-11-24)17-6-9-21-23-17/h2-6,9,14H,7-8,10-11H2,1H3,(H,21,23). The summed E-state index contributed by atoms with van der Waals surface area (Å²) in [6, 6.07) is 12.5. The molecule has 1 aliphatic heterocycles. The second-order valence-electron chi connectivity index (χ2n) is 6.34. The third kappa shape index (κ3) is 2.41. The number of nitrogens with one attached hydrogen (secondary N) is 1. The number of para-hydroxylation sites is 1. The highest BCUT2D eigenvalue weighted by atomic mass is 15.2. The summed E-state index contributed by atoms with van der Waals surface area (Å²) in [4.78, 5) is 7.06. The molecule has 0 atom stereocenters. The second-order valence-corrected chi connectivity index (χ2v) is 6.34. The van der Waals surface area contributed by atoms with Crippen molar-refractivity contribution in [3.05, 3.63) is 53.3 Å². The third-order valence-electron chi connectivity index (χ3n) is 5.00. The molecule has 24 heavy (non-hydrogen) atoms. The Kier molecular flexibility index (Phi) is 3.66. The Balaban J connectivity index is 1.66. The van der Waals surface area contributed by atoms with Crippen molar-refractivity contribution in [1.29, 1.82) is 5.26 Å². The molecule has 3 heterocycles. The first-order valence-corrected chi connectivity index (χ1v) is 8.31. The van der Waals surface area contributed by atoms with Crippen LogP contribution in [0.2, 0.25) is 0 Å². The molecular weight excluding hydrogens is 298 g/mol. The number of hydrogen-bond acceptors (Lipinski definition) is 4. The number of hydrogen-bond donors (Lipinski definition) is 1. The zero-order chi connectivity index (χ0) is 16.5. The minimum atomic E-state index is 0.510. The lowest BCUT2D eigenvalue weighted by atomic mass is 9.93. The first-order chi connectivity index (χ1) is 11.8. The molecule has 1 aromatic carbocycles. The fraction of sp³-hybridized carbons (Fsp3) is 0.316.